The molecule has 6 nitrogen and oxygen atoms in total. The number of piperidine rings is 1. The molecule has 1 amide bonds. The number of aromatic amines is 1. The lowest BCUT2D eigenvalue weighted by molar-refractivity contribution is 0.0993. The Balaban J connectivity index is 1.32. The van der Waals surface area contributed by atoms with E-state index in [9.17, 15) is 4.79 Å². The van der Waals surface area contributed by atoms with Gasteiger partial charge in [-0.1, -0.05) is 19.3 Å². The van der Waals surface area contributed by atoms with Crippen molar-refractivity contribution in [2.24, 2.45) is 11.7 Å². The third-order valence-corrected chi connectivity index (χ3v) is 7.28. The molecule has 6 heteroatoms. The zero-order chi connectivity index (χ0) is 19.1. The number of nitrogens with two attached hydrogens (primary N) is 1. The molecular weight excluding hydrogens is 350 g/mol. The van der Waals surface area contributed by atoms with Crippen LogP contribution in [-0.4, -0.2) is 45.4 Å². The number of carbonyl (C=O) groups is 1. The monoisotopic (exact) mass is 381 g/mol. The lowest BCUT2D eigenvalue weighted by atomic mass is 9.87. The van der Waals surface area contributed by atoms with Crippen LogP contribution >= 0.6 is 0 Å². The normalized spacial score (nSPS) is 28.6. The summed E-state index contributed by atoms with van der Waals surface area (Å²) in [5.41, 5.74) is 7.77. The highest BCUT2D eigenvalue weighted by Crippen LogP contribution is 2.39. The van der Waals surface area contributed by atoms with Crippen LogP contribution in [0.2, 0.25) is 0 Å². The van der Waals surface area contributed by atoms with Gasteiger partial charge >= 0.3 is 0 Å². The molecule has 3 fully saturated rings. The number of amides is 1. The summed E-state index contributed by atoms with van der Waals surface area (Å²) >= 11 is 0. The molecular formula is C22H31N5O. The van der Waals surface area contributed by atoms with Gasteiger partial charge in [-0.2, -0.15) is 0 Å². The number of anilines is 1. The largest absolute Gasteiger partial charge is 0.381 e. The summed E-state index contributed by atoms with van der Waals surface area (Å²) in [6.45, 7) is 1.30. The third-order valence-electron chi connectivity index (χ3n) is 7.28. The number of aromatic nitrogens is 2. The van der Waals surface area contributed by atoms with E-state index < -0.39 is 5.91 Å². The van der Waals surface area contributed by atoms with Crippen molar-refractivity contribution in [1.82, 2.24) is 14.9 Å². The second kappa shape index (κ2) is 7.39. The van der Waals surface area contributed by atoms with Crippen molar-refractivity contribution < 1.29 is 4.79 Å². The maximum atomic E-state index is 12.0. The van der Waals surface area contributed by atoms with E-state index in [2.05, 4.69) is 20.2 Å². The number of pyridine rings is 1. The smallest absolute Gasteiger partial charge is 0.252 e. The van der Waals surface area contributed by atoms with Gasteiger partial charge in [0.05, 0.1) is 11.3 Å². The van der Waals surface area contributed by atoms with Crippen molar-refractivity contribution in [3.05, 3.63) is 24.0 Å². The van der Waals surface area contributed by atoms with Crippen molar-refractivity contribution in [2.45, 2.75) is 75.9 Å². The zero-order valence-corrected chi connectivity index (χ0v) is 16.5. The molecule has 2 bridgehead atoms. The van der Waals surface area contributed by atoms with Crippen LogP contribution in [0.15, 0.2) is 18.5 Å². The van der Waals surface area contributed by atoms with E-state index in [-0.39, 0.29) is 0 Å². The topological polar surface area (TPSA) is 87.0 Å². The summed E-state index contributed by atoms with van der Waals surface area (Å²) in [4.78, 5) is 22.3. The molecule has 5 rings (SSSR count). The molecule has 150 valence electrons. The number of rotatable bonds is 5. The van der Waals surface area contributed by atoms with E-state index in [0.29, 0.717) is 23.7 Å². The van der Waals surface area contributed by atoms with Crippen molar-refractivity contribution in [2.75, 3.05) is 11.9 Å². The van der Waals surface area contributed by atoms with Gasteiger partial charge in [0.2, 0.25) is 0 Å². The SMILES string of the molecule is NC(=O)c1cnc2[nH]ccc2c1NC1C[C@H]2CC[C@@H](C1)N2CC1CCCCC1. The number of nitrogens with one attached hydrogen (secondary N) is 2. The zero-order valence-electron chi connectivity index (χ0n) is 16.5. The molecule has 1 saturated carbocycles. The molecule has 0 spiro atoms. The standard InChI is InChI=1S/C22H31N5O/c23-21(28)19-12-25-22-18(8-9-24-22)20(19)26-15-10-16-6-7-17(11-15)27(16)13-14-4-2-1-3-5-14/h8-9,12,14-17H,1-7,10-11,13H2,(H2,23,28)(H2,24,25,26)/t15?,16-,17+. The Kier molecular flexibility index (Phi) is 4.75. The summed E-state index contributed by atoms with van der Waals surface area (Å²) in [6.07, 6.45) is 15.5. The van der Waals surface area contributed by atoms with Gasteiger partial charge in [-0.25, -0.2) is 4.98 Å². The van der Waals surface area contributed by atoms with Crippen LogP contribution in [0.1, 0.15) is 68.1 Å². The van der Waals surface area contributed by atoms with Crippen LogP contribution in [0.3, 0.4) is 0 Å². The fraction of sp³-hybridized carbons (Fsp3) is 0.636. The molecule has 2 aliphatic heterocycles. The van der Waals surface area contributed by atoms with E-state index in [1.165, 1.54) is 51.5 Å². The first-order valence-electron chi connectivity index (χ1n) is 11.0. The van der Waals surface area contributed by atoms with Crippen molar-refractivity contribution >= 4 is 22.6 Å². The van der Waals surface area contributed by atoms with E-state index >= 15 is 0 Å². The molecule has 4 heterocycles. The Morgan fingerprint density at radius 3 is 2.64 bits per heavy atom. The van der Waals surface area contributed by atoms with E-state index in [1.807, 2.05) is 12.3 Å². The number of hydrogen-bond acceptors (Lipinski definition) is 4. The maximum absolute atomic E-state index is 12.0. The van der Waals surface area contributed by atoms with Gasteiger partial charge in [0, 0.05) is 42.5 Å². The van der Waals surface area contributed by atoms with Gasteiger partial charge in [-0.3, -0.25) is 9.69 Å². The van der Waals surface area contributed by atoms with E-state index in [0.717, 1.165) is 35.5 Å². The molecule has 2 saturated heterocycles. The lowest BCUT2D eigenvalue weighted by Crippen LogP contribution is -2.48. The molecule has 3 atom stereocenters. The minimum absolute atomic E-state index is 0.388. The van der Waals surface area contributed by atoms with Gasteiger partial charge in [0.15, 0.2) is 0 Å². The minimum atomic E-state index is -0.421. The first kappa shape index (κ1) is 18.0. The Hall–Kier alpha value is -2.08. The highest BCUT2D eigenvalue weighted by Gasteiger charge is 2.41. The number of fused-ring (bicyclic) bond motifs is 3. The van der Waals surface area contributed by atoms with Crippen LogP contribution in [-0.2, 0) is 0 Å². The average Bonchev–Trinajstić information content (AvgIpc) is 3.25. The van der Waals surface area contributed by atoms with Crippen LogP contribution in [0, 0.1) is 5.92 Å². The Morgan fingerprint density at radius 1 is 1.18 bits per heavy atom. The van der Waals surface area contributed by atoms with Gasteiger partial charge in [-0.15, -0.1) is 0 Å². The second-order valence-corrected chi connectivity index (χ2v) is 9.05. The first-order valence-corrected chi connectivity index (χ1v) is 11.0. The molecule has 4 N–H and O–H groups in total. The highest BCUT2D eigenvalue weighted by molar-refractivity contribution is 6.05. The molecule has 1 aliphatic carbocycles. The summed E-state index contributed by atoms with van der Waals surface area (Å²) in [5.74, 6) is 0.485. The summed E-state index contributed by atoms with van der Waals surface area (Å²) in [7, 11) is 0. The van der Waals surface area contributed by atoms with E-state index in [1.54, 1.807) is 6.20 Å². The molecule has 0 radical (unpaired) electrons. The maximum Gasteiger partial charge on any atom is 0.252 e. The Bertz CT molecular complexity index is 842. The van der Waals surface area contributed by atoms with Gasteiger partial charge in [0.1, 0.15) is 5.65 Å². The predicted octanol–water partition coefficient (Wildman–Crippen LogP) is 3.65. The predicted molar refractivity (Wildman–Crippen MR) is 111 cm³/mol. The molecule has 28 heavy (non-hydrogen) atoms. The number of hydrogen-bond donors (Lipinski definition) is 3. The number of nitrogens with zero attached hydrogens (tertiary/aromatic N) is 2. The molecule has 2 aromatic rings. The lowest BCUT2D eigenvalue weighted by Gasteiger charge is -2.42. The first-order chi connectivity index (χ1) is 13.7. The van der Waals surface area contributed by atoms with Gasteiger partial charge in [-0.05, 0) is 50.5 Å². The highest BCUT2D eigenvalue weighted by atomic mass is 16.1. The Labute approximate surface area is 166 Å². The van der Waals surface area contributed by atoms with Gasteiger partial charge in [0.25, 0.3) is 5.91 Å². The quantitative estimate of drug-likeness (QED) is 0.738. The van der Waals surface area contributed by atoms with Crippen LogP contribution < -0.4 is 11.1 Å². The molecule has 0 aromatic carbocycles. The summed E-state index contributed by atoms with van der Waals surface area (Å²) in [5, 5.41) is 4.65. The fourth-order valence-corrected chi connectivity index (χ4v) is 5.91. The number of primary amides is 1. The van der Waals surface area contributed by atoms with Gasteiger partial charge < -0.3 is 16.0 Å². The average molecular weight is 382 g/mol. The third kappa shape index (κ3) is 3.28. The molecule has 3 aliphatic rings. The van der Waals surface area contributed by atoms with Crippen LogP contribution in [0.4, 0.5) is 5.69 Å². The fourth-order valence-electron chi connectivity index (χ4n) is 5.91. The number of carbonyl (C=O) groups excluding carboxylic acids is 1. The summed E-state index contributed by atoms with van der Waals surface area (Å²) < 4.78 is 0. The van der Waals surface area contributed by atoms with Crippen molar-refractivity contribution in [1.29, 1.82) is 0 Å². The van der Waals surface area contributed by atoms with Crippen molar-refractivity contribution in [3.63, 3.8) is 0 Å². The van der Waals surface area contributed by atoms with Crippen LogP contribution in [0.25, 0.3) is 11.0 Å². The molecule has 1 unspecified atom stereocenters. The van der Waals surface area contributed by atoms with Crippen LogP contribution in [0.5, 0.6) is 0 Å². The summed E-state index contributed by atoms with van der Waals surface area (Å²) in [6, 6.07) is 3.72. The minimum Gasteiger partial charge on any atom is -0.381 e. The molecule has 2 aromatic heterocycles. The Morgan fingerprint density at radius 2 is 1.93 bits per heavy atom. The second-order valence-electron chi connectivity index (χ2n) is 9.05. The van der Waals surface area contributed by atoms with E-state index in [4.69, 9.17) is 5.73 Å². The number of H-pyrrole nitrogens is 1. The van der Waals surface area contributed by atoms with Crippen molar-refractivity contribution in [3.8, 4) is 0 Å².